The zero-order valence-electron chi connectivity index (χ0n) is 13.0. The Kier molecular flexibility index (Phi) is 4.84. The lowest BCUT2D eigenvalue weighted by molar-refractivity contribution is -0.128. The van der Waals surface area contributed by atoms with Gasteiger partial charge in [-0.2, -0.15) is 5.10 Å². The topological polar surface area (TPSA) is 96.1 Å². The van der Waals surface area contributed by atoms with Crippen LogP contribution in [-0.4, -0.2) is 28.1 Å². The first-order valence-corrected chi connectivity index (χ1v) is 8.40. The highest BCUT2D eigenvalue weighted by atomic mass is 79.9. The van der Waals surface area contributed by atoms with Crippen LogP contribution in [-0.2, 0) is 4.79 Å². The fourth-order valence-electron chi connectivity index (χ4n) is 2.14. The van der Waals surface area contributed by atoms with Crippen LogP contribution in [0.25, 0.3) is 0 Å². The molecule has 2 amide bonds. The van der Waals surface area contributed by atoms with Crippen LogP contribution >= 0.6 is 15.9 Å². The molecule has 0 aliphatic heterocycles. The van der Waals surface area contributed by atoms with Gasteiger partial charge in [0.05, 0.1) is 0 Å². The number of hydrazine groups is 1. The number of H-pyrrole nitrogens is 1. The van der Waals surface area contributed by atoms with Gasteiger partial charge in [0.2, 0.25) is 0 Å². The summed E-state index contributed by atoms with van der Waals surface area (Å²) >= 11 is 3.33. The van der Waals surface area contributed by atoms with Crippen LogP contribution in [0.4, 0.5) is 0 Å². The largest absolute Gasteiger partial charge is 0.481 e. The molecule has 0 saturated heterocycles. The van der Waals surface area contributed by atoms with Crippen LogP contribution in [0.3, 0.4) is 0 Å². The fourth-order valence-corrected chi connectivity index (χ4v) is 2.52. The molecular weight excluding hydrogens is 376 g/mol. The summed E-state index contributed by atoms with van der Waals surface area (Å²) in [6, 6.07) is 8.88. The van der Waals surface area contributed by atoms with Gasteiger partial charge in [-0.1, -0.05) is 22.0 Å². The van der Waals surface area contributed by atoms with Crippen LogP contribution < -0.4 is 15.6 Å². The number of benzene rings is 1. The van der Waals surface area contributed by atoms with Crippen molar-refractivity contribution in [2.45, 2.75) is 31.8 Å². The molecule has 7 nitrogen and oxygen atoms in total. The second kappa shape index (κ2) is 7.04. The second-order valence-electron chi connectivity index (χ2n) is 5.64. The number of nitrogens with zero attached hydrogens (tertiary/aromatic N) is 1. The van der Waals surface area contributed by atoms with Gasteiger partial charge in [-0.25, -0.2) is 0 Å². The van der Waals surface area contributed by atoms with Crippen LogP contribution in [0.5, 0.6) is 5.75 Å². The zero-order chi connectivity index (χ0) is 17.1. The minimum Gasteiger partial charge on any atom is -0.481 e. The van der Waals surface area contributed by atoms with E-state index in [4.69, 9.17) is 4.74 Å². The summed E-state index contributed by atoms with van der Waals surface area (Å²) in [4.78, 5) is 24.0. The summed E-state index contributed by atoms with van der Waals surface area (Å²) in [7, 11) is 0. The Balaban J connectivity index is 1.49. The van der Waals surface area contributed by atoms with Crippen molar-refractivity contribution < 1.29 is 14.3 Å². The highest BCUT2D eigenvalue weighted by molar-refractivity contribution is 9.10. The number of carbonyl (C=O) groups is 2. The lowest BCUT2D eigenvalue weighted by Gasteiger charge is -2.15. The maximum atomic E-state index is 12.0. The first kappa shape index (κ1) is 16.5. The van der Waals surface area contributed by atoms with Crippen molar-refractivity contribution in [3.63, 3.8) is 0 Å². The molecule has 1 heterocycles. The number of halogens is 1. The van der Waals surface area contributed by atoms with Gasteiger partial charge in [0, 0.05) is 16.1 Å². The van der Waals surface area contributed by atoms with Crippen LogP contribution in [0.1, 0.15) is 41.9 Å². The van der Waals surface area contributed by atoms with E-state index in [9.17, 15) is 9.59 Å². The summed E-state index contributed by atoms with van der Waals surface area (Å²) in [6.45, 7) is 1.60. The summed E-state index contributed by atoms with van der Waals surface area (Å²) in [5, 5.41) is 6.80. The Hall–Kier alpha value is -2.35. The molecule has 3 rings (SSSR count). The third kappa shape index (κ3) is 4.14. The van der Waals surface area contributed by atoms with Gasteiger partial charge in [-0.15, -0.1) is 0 Å². The van der Waals surface area contributed by atoms with Crippen molar-refractivity contribution in [3.8, 4) is 5.75 Å². The molecule has 24 heavy (non-hydrogen) atoms. The SMILES string of the molecule is CC(Oc1cccc(Br)c1)C(=O)NNC(=O)c1cc(C2CC2)[nH]n1. The molecule has 8 heteroatoms. The third-order valence-corrected chi connectivity index (χ3v) is 4.12. The third-order valence-electron chi connectivity index (χ3n) is 3.62. The molecular formula is C16H17BrN4O3. The van der Waals surface area contributed by atoms with Gasteiger partial charge in [0.15, 0.2) is 11.8 Å². The number of aromatic amines is 1. The van der Waals surface area contributed by atoms with Gasteiger partial charge in [0.1, 0.15) is 5.75 Å². The van der Waals surface area contributed by atoms with E-state index < -0.39 is 17.9 Å². The minimum atomic E-state index is -0.763. The van der Waals surface area contributed by atoms with E-state index in [2.05, 4.69) is 37.0 Å². The molecule has 0 spiro atoms. The molecule has 1 aromatic heterocycles. The van der Waals surface area contributed by atoms with E-state index in [1.54, 1.807) is 31.2 Å². The average Bonchev–Trinajstić information content (AvgIpc) is 3.29. The summed E-state index contributed by atoms with van der Waals surface area (Å²) < 4.78 is 6.38. The van der Waals surface area contributed by atoms with Crippen molar-refractivity contribution >= 4 is 27.7 Å². The van der Waals surface area contributed by atoms with E-state index in [0.717, 1.165) is 23.0 Å². The number of ether oxygens (including phenoxy) is 1. The van der Waals surface area contributed by atoms with Gasteiger partial charge in [0.25, 0.3) is 11.8 Å². The average molecular weight is 393 g/mol. The van der Waals surface area contributed by atoms with Crippen molar-refractivity contribution in [2.24, 2.45) is 0 Å². The minimum absolute atomic E-state index is 0.248. The van der Waals surface area contributed by atoms with Crippen molar-refractivity contribution in [1.29, 1.82) is 0 Å². The second-order valence-corrected chi connectivity index (χ2v) is 6.56. The summed E-state index contributed by atoms with van der Waals surface area (Å²) in [5.41, 5.74) is 5.88. The Morgan fingerprint density at radius 1 is 1.33 bits per heavy atom. The van der Waals surface area contributed by atoms with E-state index in [0.29, 0.717) is 11.7 Å². The smallest absolute Gasteiger partial charge is 0.290 e. The molecule has 1 aliphatic carbocycles. The van der Waals surface area contributed by atoms with Crippen molar-refractivity contribution in [1.82, 2.24) is 21.0 Å². The van der Waals surface area contributed by atoms with Crippen LogP contribution in [0.2, 0.25) is 0 Å². The van der Waals surface area contributed by atoms with Gasteiger partial charge < -0.3 is 4.74 Å². The maximum Gasteiger partial charge on any atom is 0.290 e. The molecule has 126 valence electrons. The Labute approximate surface area is 147 Å². The highest BCUT2D eigenvalue weighted by Gasteiger charge is 2.26. The molecule has 1 aliphatic rings. The normalized spacial score (nSPS) is 14.8. The summed E-state index contributed by atoms with van der Waals surface area (Å²) in [6.07, 6.45) is 1.47. The number of hydrogen-bond donors (Lipinski definition) is 3. The lowest BCUT2D eigenvalue weighted by Crippen LogP contribution is -2.47. The van der Waals surface area contributed by atoms with Gasteiger partial charge in [-0.3, -0.25) is 25.5 Å². The predicted molar refractivity (Wildman–Crippen MR) is 90.4 cm³/mol. The number of amides is 2. The zero-order valence-corrected chi connectivity index (χ0v) is 14.6. The van der Waals surface area contributed by atoms with Crippen molar-refractivity contribution in [3.05, 3.63) is 46.2 Å². The molecule has 3 N–H and O–H groups in total. The summed E-state index contributed by atoms with van der Waals surface area (Å²) in [5.74, 6) is 0.106. The molecule has 1 saturated carbocycles. The molecule has 0 radical (unpaired) electrons. The number of carbonyl (C=O) groups excluding carboxylic acids is 2. The number of aromatic nitrogens is 2. The highest BCUT2D eigenvalue weighted by Crippen LogP contribution is 2.38. The van der Waals surface area contributed by atoms with E-state index >= 15 is 0 Å². The van der Waals surface area contributed by atoms with Crippen LogP contribution in [0.15, 0.2) is 34.8 Å². The van der Waals surface area contributed by atoms with Crippen molar-refractivity contribution in [2.75, 3.05) is 0 Å². The standard InChI is InChI=1S/C16H17BrN4O3/c1-9(24-12-4-2-3-11(17)7-12)15(22)20-21-16(23)14-8-13(18-19-14)10-5-6-10/h2-4,7-10H,5-6H2,1H3,(H,18,19)(H,20,22)(H,21,23). The maximum absolute atomic E-state index is 12.0. The number of hydrogen-bond acceptors (Lipinski definition) is 4. The number of nitrogens with one attached hydrogen (secondary N) is 3. The van der Waals surface area contributed by atoms with E-state index in [-0.39, 0.29) is 5.69 Å². The quantitative estimate of drug-likeness (QED) is 0.680. The van der Waals surface area contributed by atoms with Gasteiger partial charge >= 0.3 is 0 Å². The Morgan fingerprint density at radius 2 is 2.12 bits per heavy atom. The predicted octanol–water partition coefficient (Wildman–Crippen LogP) is 2.28. The number of rotatable bonds is 5. The molecule has 0 bridgehead atoms. The lowest BCUT2D eigenvalue weighted by atomic mass is 10.2. The Bertz CT molecular complexity index is 757. The molecule has 1 atom stereocenters. The Morgan fingerprint density at radius 3 is 2.83 bits per heavy atom. The molecule has 2 aromatic rings. The van der Waals surface area contributed by atoms with E-state index in [1.165, 1.54) is 0 Å². The molecule has 1 fully saturated rings. The first-order valence-electron chi connectivity index (χ1n) is 7.60. The van der Waals surface area contributed by atoms with Gasteiger partial charge in [-0.05, 0) is 44.0 Å². The van der Waals surface area contributed by atoms with E-state index in [1.807, 2.05) is 6.07 Å². The fraction of sp³-hybridized carbons (Fsp3) is 0.312. The van der Waals surface area contributed by atoms with Crippen LogP contribution in [0, 0.1) is 0 Å². The first-order chi connectivity index (χ1) is 11.5. The monoisotopic (exact) mass is 392 g/mol. The molecule has 1 unspecified atom stereocenters. The molecule has 1 aromatic carbocycles.